The minimum atomic E-state index is -0.759. The van der Waals surface area contributed by atoms with Crippen molar-refractivity contribution in [3.05, 3.63) is 69.5 Å². The topological polar surface area (TPSA) is 115 Å². The monoisotopic (exact) mass is 417 g/mol. The molecule has 3 rings (SSSR count). The number of nitro groups is 1. The van der Waals surface area contributed by atoms with E-state index >= 15 is 0 Å². The zero-order valence-electron chi connectivity index (χ0n) is 15.5. The first-order chi connectivity index (χ1) is 13.8. The standard InChI is InChI=1S/C20H20FN3O4S/c21-15-6-4-14(5-7-15)20(9-1-2-10-20)23-18(25)12-29-17-8-3-13(19(22)26)11-16(17)24(27)28/h3-8,11H,1-2,9-10,12H2,(H2,22,26)(H,23,25). The number of nitrogens with one attached hydrogen (secondary N) is 1. The maximum Gasteiger partial charge on any atom is 0.283 e. The van der Waals surface area contributed by atoms with Gasteiger partial charge in [0.15, 0.2) is 0 Å². The number of carbonyl (C=O) groups is 2. The average molecular weight is 417 g/mol. The van der Waals surface area contributed by atoms with E-state index in [1.807, 2.05) is 0 Å². The molecule has 7 nitrogen and oxygen atoms in total. The smallest absolute Gasteiger partial charge is 0.283 e. The fourth-order valence-corrected chi connectivity index (χ4v) is 4.42. The van der Waals surface area contributed by atoms with E-state index in [-0.39, 0.29) is 33.6 Å². The Labute approximate surface area is 171 Å². The van der Waals surface area contributed by atoms with Gasteiger partial charge < -0.3 is 11.1 Å². The van der Waals surface area contributed by atoms with E-state index in [1.54, 1.807) is 12.1 Å². The van der Waals surface area contributed by atoms with E-state index in [9.17, 15) is 24.1 Å². The lowest BCUT2D eigenvalue weighted by molar-refractivity contribution is -0.387. The Morgan fingerprint density at radius 1 is 1.17 bits per heavy atom. The summed E-state index contributed by atoms with van der Waals surface area (Å²) in [6.07, 6.45) is 3.40. The fraction of sp³-hybridized carbons (Fsp3) is 0.300. The highest BCUT2D eigenvalue weighted by atomic mass is 32.2. The maximum atomic E-state index is 13.3. The zero-order valence-corrected chi connectivity index (χ0v) is 16.3. The molecule has 29 heavy (non-hydrogen) atoms. The first-order valence-electron chi connectivity index (χ1n) is 9.09. The first kappa shape index (κ1) is 20.8. The number of nitrogens with two attached hydrogens (primary N) is 1. The number of thioether (sulfide) groups is 1. The summed E-state index contributed by atoms with van der Waals surface area (Å²) in [6, 6.07) is 10.0. The van der Waals surface area contributed by atoms with E-state index in [2.05, 4.69) is 5.32 Å². The lowest BCUT2D eigenvalue weighted by Crippen LogP contribution is -2.44. The Morgan fingerprint density at radius 3 is 2.41 bits per heavy atom. The molecule has 0 aromatic heterocycles. The van der Waals surface area contributed by atoms with Crippen LogP contribution in [0.3, 0.4) is 0 Å². The van der Waals surface area contributed by atoms with Crippen molar-refractivity contribution in [2.24, 2.45) is 5.73 Å². The second-order valence-corrected chi connectivity index (χ2v) is 7.95. The summed E-state index contributed by atoms with van der Waals surface area (Å²) in [6.45, 7) is 0. The molecular formula is C20H20FN3O4S. The van der Waals surface area contributed by atoms with Crippen LogP contribution in [0.15, 0.2) is 47.4 Å². The Balaban J connectivity index is 1.73. The molecule has 3 N–H and O–H groups in total. The number of nitrogens with zero attached hydrogens (tertiary/aromatic N) is 1. The molecule has 2 aromatic carbocycles. The summed E-state index contributed by atoms with van der Waals surface area (Å²) in [5.74, 6) is -1.39. The quantitative estimate of drug-likeness (QED) is 0.406. The molecule has 0 bridgehead atoms. The number of halogens is 1. The number of amides is 2. The Morgan fingerprint density at radius 2 is 1.83 bits per heavy atom. The number of nitro benzene ring substituents is 1. The molecule has 0 atom stereocenters. The molecule has 1 fully saturated rings. The van der Waals surface area contributed by atoms with Crippen molar-refractivity contribution in [3.8, 4) is 0 Å². The molecule has 1 saturated carbocycles. The van der Waals surface area contributed by atoms with Crippen LogP contribution in [0.4, 0.5) is 10.1 Å². The first-order valence-corrected chi connectivity index (χ1v) is 10.1. The molecule has 9 heteroatoms. The van der Waals surface area contributed by atoms with Gasteiger partial charge in [0.2, 0.25) is 11.8 Å². The van der Waals surface area contributed by atoms with E-state index in [4.69, 9.17) is 5.73 Å². The third-order valence-electron chi connectivity index (χ3n) is 5.03. The van der Waals surface area contributed by atoms with Gasteiger partial charge in [0, 0.05) is 11.6 Å². The van der Waals surface area contributed by atoms with Crippen LogP contribution in [0.25, 0.3) is 0 Å². The van der Waals surface area contributed by atoms with E-state index in [1.165, 1.54) is 24.3 Å². The highest BCUT2D eigenvalue weighted by molar-refractivity contribution is 8.00. The third kappa shape index (κ3) is 4.73. The van der Waals surface area contributed by atoms with Crippen molar-refractivity contribution in [1.82, 2.24) is 5.32 Å². The summed E-state index contributed by atoms with van der Waals surface area (Å²) in [5, 5.41) is 14.3. The van der Waals surface area contributed by atoms with Crippen LogP contribution in [-0.4, -0.2) is 22.5 Å². The number of rotatable bonds is 7. The zero-order chi connectivity index (χ0) is 21.0. The van der Waals surface area contributed by atoms with Gasteiger partial charge in [-0.25, -0.2) is 4.39 Å². The van der Waals surface area contributed by atoms with E-state index in [0.717, 1.165) is 49.1 Å². The molecule has 0 heterocycles. The van der Waals surface area contributed by atoms with Gasteiger partial charge in [0.1, 0.15) is 5.82 Å². The van der Waals surface area contributed by atoms with Crippen LogP contribution < -0.4 is 11.1 Å². The lowest BCUT2D eigenvalue weighted by atomic mass is 9.88. The fourth-order valence-electron chi connectivity index (χ4n) is 3.61. The molecule has 152 valence electrons. The van der Waals surface area contributed by atoms with Gasteiger partial charge >= 0.3 is 0 Å². The minimum Gasteiger partial charge on any atom is -0.366 e. The van der Waals surface area contributed by atoms with Crippen LogP contribution >= 0.6 is 11.8 Å². The summed E-state index contributed by atoms with van der Waals surface area (Å²) < 4.78 is 13.3. The number of hydrogen-bond donors (Lipinski definition) is 2. The Kier molecular flexibility index (Phi) is 6.17. The van der Waals surface area contributed by atoms with Gasteiger partial charge in [-0.3, -0.25) is 19.7 Å². The van der Waals surface area contributed by atoms with Crippen molar-refractivity contribution >= 4 is 29.3 Å². The highest BCUT2D eigenvalue weighted by Gasteiger charge is 2.37. The summed E-state index contributed by atoms with van der Waals surface area (Å²) in [5.41, 5.74) is 5.24. The van der Waals surface area contributed by atoms with Crippen molar-refractivity contribution in [2.75, 3.05) is 5.75 Å². The normalized spacial score (nSPS) is 15.1. The molecule has 0 aliphatic heterocycles. The van der Waals surface area contributed by atoms with Crippen LogP contribution in [0.2, 0.25) is 0 Å². The van der Waals surface area contributed by atoms with Crippen molar-refractivity contribution in [2.45, 2.75) is 36.1 Å². The van der Waals surface area contributed by atoms with Crippen molar-refractivity contribution in [1.29, 1.82) is 0 Å². The Bertz CT molecular complexity index is 943. The lowest BCUT2D eigenvalue weighted by Gasteiger charge is -2.31. The van der Waals surface area contributed by atoms with Gasteiger partial charge in [-0.1, -0.05) is 25.0 Å². The predicted octanol–water partition coefficient (Wildman–Crippen LogP) is 3.51. The molecule has 0 spiro atoms. The SMILES string of the molecule is NC(=O)c1ccc(SCC(=O)NC2(c3ccc(F)cc3)CCCC2)c([N+](=O)[O-])c1. The Hall–Kier alpha value is -2.94. The van der Waals surface area contributed by atoms with Gasteiger partial charge in [0.25, 0.3) is 5.69 Å². The number of primary amides is 1. The van der Waals surface area contributed by atoms with Gasteiger partial charge in [-0.05, 0) is 42.7 Å². The van der Waals surface area contributed by atoms with Crippen LogP contribution in [0.1, 0.15) is 41.6 Å². The number of hydrogen-bond acceptors (Lipinski definition) is 5. The molecular weight excluding hydrogens is 397 g/mol. The third-order valence-corrected chi connectivity index (χ3v) is 6.09. The minimum absolute atomic E-state index is 0.0281. The van der Waals surface area contributed by atoms with Crippen LogP contribution in [0.5, 0.6) is 0 Å². The number of benzene rings is 2. The van der Waals surface area contributed by atoms with Crippen LogP contribution in [-0.2, 0) is 10.3 Å². The highest BCUT2D eigenvalue weighted by Crippen LogP contribution is 2.39. The summed E-state index contributed by atoms with van der Waals surface area (Å²) >= 11 is 1.02. The van der Waals surface area contributed by atoms with Crippen molar-refractivity contribution < 1.29 is 18.9 Å². The summed E-state index contributed by atoms with van der Waals surface area (Å²) in [4.78, 5) is 34.8. The molecule has 1 aliphatic carbocycles. The second-order valence-electron chi connectivity index (χ2n) is 6.94. The molecule has 2 amide bonds. The van der Waals surface area contributed by atoms with Gasteiger partial charge in [0.05, 0.1) is 21.1 Å². The van der Waals surface area contributed by atoms with Crippen molar-refractivity contribution in [3.63, 3.8) is 0 Å². The van der Waals surface area contributed by atoms with Gasteiger partial charge in [-0.2, -0.15) is 0 Å². The van der Waals surface area contributed by atoms with Gasteiger partial charge in [-0.15, -0.1) is 11.8 Å². The van der Waals surface area contributed by atoms with E-state index in [0.29, 0.717) is 0 Å². The largest absolute Gasteiger partial charge is 0.366 e. The molecule has 1 aliphatic rings. The predicted molar refractivity (Wildman–Crippen MR) is 107 cm³/mol. The average Bonchev–Trinajstić information content (AvgIpc) is 3.16. The maximum absolute atomic E-state index is 13.3. The second kappa shape index (κ2) is 8.60. The van der Waals surface area contributed by atoms with Crippen LogP contribution in [0, 0.1) is 15.9 Å². The molecule has 0 radical (unpaired) electrons. The molecule has 2 aromatic rings. The summed E-state index contributed by atoms with van der Waals surface area (Å²) in [7, 11) is 0. The molecule has 0 unspecified atom stereocenters. The molecule has 0 saturated heterocycles. The van der Waals surface area contributed by atoms with E-state index < -0.39 is 16.4 Å². The number of carbonyl (C=O) groups excluding carboxylic acids is 2.